The highest BCUT2D eigenvalue weighted by molar-refractivity contribution is 5.80. The summed E-state index contributed by atoms with van der Waals surface area (Å²) in [6.07, 6.45) is -0.573. The van der Waals surface area contributed by atoms with Crippen molar-refractivity contribution in [1.82, 2.24) is 10.2 Å². The molecule has 1 amide bonds. The minimum absolute atomic E-state index is 0.0156. The number of benzene rings is 1. The molecule has 1 aliphatic rings. The highest BCUT2D eigenvalue weighted by atomic mass is 16.5. The van der Waals surface area contributed by atoms with E-state index in [9.17, 15) is 4.79 Å². The monoisotopic (exact) mass is 372 g/mol. The molecule has 0 radical (unpaired) electrons. The third kappa shape index (κ3) is 5.34. The average Bonchev–Trinajstić information content (AvgIpc) is 3.10. The van der Waals surface area contributed by atoms with Crippen molar-refractivity contribution in [3.8, 4) is 5.75 Å². The molecule has 6 nitrogen and oxygen atoms in total. The van der Waals surface area contributed by atoms with E-state index in [0.717, 1.165) is 30.2 Å². The van der Waals surface area contributed by atoms with Crippen LogP contribution in [0.4, 0.5) is 0 Å². The predicted octanol–water partition coefficient (Wildman–Crippen LogP) is 2.85. The van der Waals surface area contributed by atoms with Crippen molar-refractivity contribution < 1.29 is 18.7 Å². The van der Waals surface area contributed by atoms with E-state index in [0.29, 0.717) is 25.5 Å². The van der Waals surface area contributed by atoms with Crippen molar-refractivity contribution in [2.24, 2.45) is 0 Å². The summed E-state index contributed by atoms with van der Waals surface area (Å²) in [6.45, 7) is 9.18. The van der Waals surface area contributed by atoms with E-state index < -0.39 is 6.10 Å². The molecule has 0 aliphatic carbocycles. The maximum Gasteiger partial charge on any atom is 0.260 e. The van der Waals surface area contributed by atoms with Crippen molar-refractivity contribution in [2.75, 3.05) is 32.8 Å². The molecule has 0 spiro atoms. The van der Waals surface area contributed by atoms with Crippen LogP contribution in [0.15, 0.2) is 40.8 Å². The number of aryl methyl sites for hydroxylation is 2. The number of hydrogen-bond donors (Lipinski definition) is 1. The Morgan fingerprint density at radius 3 is 2.48 bits per heavy atom. The van der Waals surface area contributed by atoms with Gasteiger partial charge in [-0.2, -0.15) is 0 Å². The molecular weight excluding hydrogens is 344 g/mol. The quantitative estimate of drug-likeness (QED) is 0.810. The molecular formula is C21H28N2O4. The Morgan fingerprint density at radius 2 is 1.85 bits per heavy atom. The molecule has 0 saturated carbocycles. The van der Waals surface area contributed by atoms with Gasteiger partial charge >= 0.3 is 0 Å². The fourth-order valence-corrected chi connectivity index (χ4v) is 3.15. The molecule has 0 bridgehead atoms. The number of carbonyl (C=O) groups is 1. The van der Waals surface area contributed by atoms with Crippen LogP contribution in [0, 0.1) is 13.8 Å². The SMILES string of the molecule is Cc1ccc(OC(C)C(=O)NCC(c2ccc(C)o2)N2CCOCC2)cc1. The van der Waals surface area contributed by atoms with Gasteiger partial charge < -0.3 is 19.2 Å². The van der Waals surface area contributed by atoms with Crippen molar-refractivity contribution in [3.05, 3.63) is 53.5 Å². The van der Waals surface area contributed by atoms with E-state index in [4.69, 9.17) is 13.9 Å². The van der Waals surface area contributed by atoms with Crippen LogP contribution in [0.2, 0.25) is 0 Å². The second-order valence-electron chi connectivity index (χ2n) is 6.93. The summed E-state index contributed by atoms with van der Waals surface area (Å²) in [6, 6.07) is 11.6. The van der Waals surface area contributed by atoms with Gasteiger partial charge in [0.05, 0.1) is 19.3 Å². The lowest BCUT2D eigenvalue weighted by Gasteiger charge is -2.33. The van der Waals surface area contributed by atoms with Crippen molar-refractivity contribution >= 4 is 5.91 Å². The molecule has 2 unspecified atom stereocenters. The first kappa shape index (κ1) is 19.5. The highest BCUT2D eigenvalue weighted by Gasteiger charge is 2.26. The molecule has 1 aliphatic heterocycles. The zero-order valence-corrected chi connectivity index (χ0v) is 16.2. The van der Waals surface area contributed by atoms with Gasteiger partial charge in [0.15, 0.2) is 6.10 Å². The van der Waals surface area contributed by atoms with E-state index >= 15 is 0 Å². The van der Waals surface area contributed by atoms with Crippen LogP contribution in [0.5, 0.6) is 5.75 Å². The Balaban J connectivity index is 1.59. The van der Waals surface area contributed by atoms with E-state index in [1.165, 1.54) is 0 Å². The maximum absolute atomic E-state index is 12.5. The van der Waals surface area contributed by atoms with Crippen LogP contribution in [0.25, 0.3) is 0 Å². The van der Waals surface area contributed by atoms with E-state index in [1.807, 2.05) is 50.2 Å². The molecule has 2 atom stereocenters. The van der Waals surface area contributed by atoms with Gasteiger partial charge in [-0.25, -0.2) is 0 Å². The summed E-state index contributed by atoms with van der Waals surface area (Å²) < 4.78 is 17.0. The molecule has 1 saturated heterocycles. The molecule has 2 aromatic rings. The Hall–Kier alpha value is -2.31. The van der Waals surface area contributed by atoms with E-state index in [2.05, 4.69) is 10.2 Å². The number of nitrogens with zero attached hydrogens (tertiary/aromatic N) is 1. The van der Waals surface area contributed by atoms with E-state index in [-0.39, 0.29) is 11.9 Å². The Morgan fingerprint density at radius 1 is 1.15 bits per heavy atom. The first-order valence-electron chi connectivity index (χ1n) is 9.42. The normalized spacial score (nSPS) is 17.3. The molecule has 3 rings (SSSR count). The van der Waals surface area contributed by atoms with Gasteiger partial charge in [0.2, 0.25) is 0 Å². The molecule has 1 fully saturated rings. The second kappa shape index (κ2) is 9.06. The summed E-state index contributed by atoms with van der Waals surface area (Å²) in [4.78, 5) is 14.8. The summed E-state index contributed by atoms with van der Waals surface area (Å²) in [5, 5.41) is 3.01. The summed E-state index contributed by atoms with van der Waals surface area (Å²) in [5.74, 6) is 2.28. The van der Waals surface area contributed by atoms with E-state index in [1.54, 1.807) is 6.92 Å². The summed E-state index contributed by atoms with van der Waals surface area (Å²) in [5.41, 5.74) is 1.15. The van der Waals surface area contributed by atoms with Gasteiger partial charge in [-0.05, 0) is 45.0 Å². The molecule has 1 N–H and O–H groups in total. The molecule has 146 valence electrons. The highest BCUT2D eigenvalue weighted by Crippen LogP contribution is 2.23. The fraction of sp³-hybridized carbons (Fsp3) is 0.476. The first-order valence-corrected chi connectivity index (χ1v) is 9.42. The number of carbonyl (C=O) groups excluding carboxylic acids is 1. The van der Waals surface area contributed by atoms with Crippen molar-refractivity contribution in [1.29, 1.82) is 0 Å². The number of amides is 1. The smallest absolute Gasteiger partial charge is 0.260 e. The van der Waals surface area contributed by atoms with Crippen molar-refractivity contribution in [2.45, 2.75) is 32.9 Å². The number of rotatable bonds is 7. The summed E-state index contributed by atoms with van der Waals surface area (Å²) >= 11 is 0. The van der Waals surface area contributed by atoms with Crippen LogP contribution in [0.3, 0.4) is 0 Å². The second-order valence-corrected chi connectivity index (χ2v) is 6.93. The largest absolute Gasteiger partial charge is 0.481 e. The van der Waals surface area contributed by atoms with Gasteiger partial charge in [-0.1, -0.05) is 17.7 Å². The van der Waals surface area contributed by atoms with Crippen LogP contribution in [-0.4, -0.2) is 49.8 Å². The molecule has 2 heterocycles. The number of morpholine rings is 1. The van der Waals surface area contributed by atoms with Crippen LogP contribution >= 0.6 is 0 Å². The molecule has 27 heavy (non-hydrogen) atoms. The lowest BCUT2D eigenvalue weighted by molar-refractivity contribution is -0.127. The standard InChI is InChI=1S/C21H28N2O4/c1-15-4-7-18(8-5-15)27-17(3)21(24)22-14-19(20-9-6-16(2)26-20)23-10-12-25-13-11-23/h4-9,17,19H,10-14H2,1-3H3,(H,22,24). The van der Waals surface area contributed by atoms with Gasteiger partial charge in [0, 0.05) is 19.6 Å². The minimum atomic E-state index is -0.573. The van der Waals surface area contributed by atoms with Crippen LogP contribution in [0.1, 0.15) is 30.0 Å². The molecule has 1 aromatic heterocycles. The van der Waals surface area contributed by atoms with Gasteiger partial charge in [-0.15, -0.1) is 0 Å². The lowest BCUT2D eigenvalue weighted by atomic mass is 10.1. The topological polar surface area (TPSA) is 63.9 Å². The first-order chi connectivity index (χ1) is 13.0. The Bertz CT molecular complexity index is 735. The number of ether oxygens (including phenoxy) is 2. The average molecular weight is 372 g/mol. The Kier molecular flexibility index (Phi) is 6.53. The van der Waals surface area contributed by atoms with Crippen LogP contribution < -0.4 is 10.1 Å². The van der Waals surface area contributed by atoms with Gasteiger partial charge in [0.1, 0.15) is 17.3 Å². The maximum atomic E-state index is 12.5. The predicted molar refractivity (Wildman–Crippen MR) is 103 cm³/mol. The van der Waals surface area contributed by atoms with Gasteiger partial charge in [0.25, 0.3) is 5.91 Å². The molecule has 1 aromatic carbocycles. The fourth-order valence-electron chi connectivity index (χ4n) is 3.15. The lowest BCUT2D eigenvalue weighted by Crippen LogP contribution is -2.45. The third-order valence-corrected chi connectivity index (χ3v) is 4.75. The molecule has 6 heteroatoms. The third-order valence-electron chi connectivity index (χ3n) is 4.75. The van der Waals surface area contributed by atoms with Crippen LogP contribution in [-0.2, 0) is 9.53 Å². The number of hydrogen-bond acceptors (Lipinski definition) is 5. The zero-order valence-electron chi connectivity index (χ0n) is 16.2. The zero-order chi connectivity index (χ0) is 19.2. The van der Waals surface area contributed by atoms with Gasteiger partial charge in [-0.3, -0.25) is 9.69 Å². The Labute approximate surface area is 160 Å². The minimum Gasteiger partial charge on any atom is -0.481 e. The number of furan rings is 1. The van der Waals surface area contributed by atoms with Crippen molar-refractivity contribution in [3.63, 3.8) is 0 Å². The number of nitrogens with one attached hydrogen (secondary N) is 1. The summed E-state index contributed by atoms with van der Waals surface area (Å²) in [7, 11) is 0.